The number of methoxy groups -OCH3 is 1. The van der Waals surface area contributed by atoms with Crippen molar-refractivity contribution in [2.45, 2.75) is 33.1 Å². The number of benzene rings is 1. The number of para-hydroxylation sites is 2. The van der Waals surface area contributed by atoms with E-state index >= 15 is 0 Å². The number of furan rings is 1. The summed E-state index contributed by atoms with van der Waals surface area (Å²) >= 11 is 1.61. The Hall–Kier alpha value is -2.86. The molecule has 1 aliphatic rings. The van der Waals surface area contributed by atoms with E-state index in [4.69, 9.17) is 9.15 Å². The lowest BCUT2D eigenvalue weighted by Crippen LogP contribution is -2.17. The maximum atomic E-state index is 13.3. The fourth-order valence-electron chi connectivity index (χ4n) is 3.64. The first-order valence-electron chi connectivity index (χ1n) is 9.74. The smallest absolute Gasteiger partial charge is 0.259 e. The Balaban J connectivity index is 1.70. The highest BCUT2D eigenvalue weighted by atomic mass is 32.1. The maximum absolute atomic E-state index is 13.3. The number of nitrogens with zero attached hydrogens (tertiary/aromatic N) is 1. The summed E-state index contributed by atoms with van der Waals surface area (Å²) in [6.07, 6.45) is 4.66. The van der Waals surface area contributed by atoms with Crippen molar-refractivity contribution < 1.29 is 13.9 Å². The fourth-order valence-corrected chi connectivity index (χ4v) is 4.99. The predicted molar refractivity (Wildman–Crippen MR) is 117 cm³/mol. The highest BCUT2D eigenvalue weighted by Crippen LogP contribution is 2.41. The summed E-state index contributed by atoms with van der Waals surface area (Å²) in [7, 11) is 1.60. The molecule has 1 aromatic carbocycles. The number of aryl methyl sites for hydroxylation is 1. The number of rotatable bonds is 5. The molecule has 0 saturated carbocycles. The zero-order valence-electron chi connectivity index (χ0n) is 16.8. The number of hydrogen-bond acceptors (Lipinski definition) is 5. The van der Waals surface area contributed by atoms with Crippen molar-refractivity contribution in [3.8, 4) is 5.75 Å². The van der Waals surface area contributed by atoms with E-state index in [0.29, 0.717) is 28.7 Å². The third kappa shape index (κ3) is 4.12. The number of thiophene rings is 1. The van der Waals surface area contributed by atoms with E-state index in [2.05, 4.69) is 17.2 Å². The van der Waals surface area contributed by atoms with E-state index in [9.17, 15) is 4.79 Å². The van der Waals surface area contributed by atoms with Crippen LogP contribution in [0.1, 0.15) is 45.7 Å². The average molecular weight is 409 g/mol. The minimum Gasteiger partial charge on any atom is -0.495 e. The Bertz CT molecular complexity index is 1060. The number of carbonyl (C=O) groups is 1. The lowest BCUT2D eigenvalue weighted by Gasteiger charge is -2.18. The van der Waals surface area contributed by atoms with Gasteiger partial charge in [-0.05, 0) is 61.9 Å². The molecule has 2 aromatic heterocycles. The van der Waals surface area contributed by atoms with Gasteiger partial charge in [-0.1, -0.05) is 19.1 Å². The second-order valence-electron chi connectivity index (χ2n) is 7.39. The van der Waals surface area contributed by atoms with Crippen molar-refractivity contribution in [1.29, 1.82) is 0 Å². The van der Waals surface area contributed by atoms with E-state index in [0.717, 1.165) is 35.6 Å². The molecule has 3 aromatic rings. The van der Waals surface area contributed by atoms with E-state index in [-0.39, 0.29) is 5.91 Å². The van der Waals surface area contributed by atoms with Gasteiger partial charge in [-0.25, -0.2) is 4.99 Å². The molecule has 0 spiro atoms. The van der Waals surface area contributed by atoms with Crippen LogP contribution in [0.25, 0.3) is 0 Å². The second kappa shape index (κ2) is 8.25. The van der Waals surface area contributed by atoms with Crippen LogP contribution in [-0.2, 0) is 12.8 Å². The van der Waals surface area contributed by atoms with E-state index in [1.54, 1.807) is 24.7 Å². The van der Waals surface area contributed by atoms with Gasteiger partial charge in [-0.2, -0.15) is 0 Å². The van der Waals surface area contributed by atoms with Gasteiger partial charge in [-0.15, -0.1) is 11.3 Å². The van der Waals surface area contributed by atoms with Crippen LogP contribution in [0, 0.1) is 12.8 Å². The van der Waals surface area contributed by atoms with Crippen molar-refractivity contribution in [3.05, 3.63) is 63.9 Å². The van der Waals surface area contributed by atoms with Crippen LogP contribution in [0.15, 0.2) is 45.8 Å². The van der Waals surface area contributed by atoms with Gasteiger partial charge in [0, 0.05) is 4.88 Å². The van der Waals surface area contributed by atoms with Gasteiger partial charge in [0.2, 0.25) is 0 Å². The zero-order chi connectivity index (χ0) is 20.4. The molecule has 150 valence electrons. The average Bonchev–Trinajstić information content (AvgIpc) is 3.29. The van der Waals surface area contributed by atoms with Crippen molar-refractivity contribution in [2.24, 2.45) is 10.9 Å². The number of amides is 1. The molecular formula is C23H24N2O3S. The quantitative estimate of drug-likeness (QED) is 0.544. The summed E-state index contributed by atoms with van der Waals surface area (Å²) in [5.74, 6) is 2.62. The standard InChI is InChI=1S/C23H24N2O3S/c1-14-8-11-17-20(12-14)29-23(24-13-16-10-9-15(2)28-16)21(17)22(26)25-18-6-4-5-7-19(18)27-3/h4-7,9-10,13-14H,8,11-12H2,1-3H3,(H,25,26)/t14-/m0/s1. The molecule has 4 rings (SSSR count). The topological polar surface area (TPSA) is 63.8 Å². The van der Waals surface area contributed by atoms with Gasteiger partial charge in [0.05, 0.1) is 24.6 Å². The summed E-state index contributed by atoms with van der Waals surface area (Å²) in [5, 5.41) is 3.74. The summed E-state index contributed by atoms with van der Waals surface area (Å²) in [6, 6.07) is 11.2. The fraction of sp³-hybridized carbons (Fsp3) is 0.304. The van der Waals surface area contributed by atoms with Gasteiger partial charge in [0.15, 0.2) is 0 Å². The number of ether oxygens (including phenoxy) is 1. The lowest BCUT2D eigenvalue weighted by molar-refractivity contribution is 0.102. The van der Waals surface area contributed by atoms with E-state index in [1.807, 2.05) is 43.3 Å². The van der Waals surface area contributed by atoms with Crippen LogP contribution in [0.2, 0.25) is 0 Å². The van der Waals surface area contributed by atoms with Gasteiger partial charge in [-0.3, -0.25) is 4.79 Å². The third-order valence-electron chi connectivity index (χ3n) is 5.15. The van der Waals surface area contributed by atoms with Gasteiger partial charge in [0.1, 0.15) is 22.3 Å². The first-order valence-corrected chi connectivity index (χ1v) is 10.6. The molecule has 0 aliphatic heterocycles. The number of carbonyl (C=O) groups excluding carboxylic acids is 1. The molecule has 1 aliphatic carbocycles. The molecule has 6 heteroatoms. The van der Waals surface area contributed by atoms with Crippen molar-refractivity contribution in [3.63, 3.8) is 0 Å². The first kappa shape index (κ1) is 19.5. The number of fused-ring (bicyclic) bond motifs is 1. The normalized spacial score (nSPS) is 16.0. The molecule has 0 radical (unpaired) electrons. The molecule has 0 fully saturated rings. The number of anilines is 1. The van der Waals surface area contributed by atoms with Crippen LogP contribution in [0.5, 0.6) is 5.75 Å². The molecule has 29 heavy (non-hydrogen) atoms. The summed E-state index contributed by atoms with van der Waals surface area (Å²) in [4.78, 5) is 19.2. The zero-order valence-corrected chi connectivity index (χ0v) is 17.6. The molecule has 1 amide bonds. The van der Waals surface area contributed by atoms with Crippen LogP contribution >= 0.6 is 11.3 Å². The molecule has 5 nitrogen and oxygen atoms in total. The molecule has 1 atom stereocenters. The number of aliphatic imine (C=N–C) groups is 1. The highest BCUT2D eigenvalue weighted by molar-refractivity contribution is 7.16. The molecule has 2 heterocycles. The first-order chi connectivity index (χ1) is 14.0. The van der Waals surface area contributed by atoms with Crippen LogP contribution in [-0.4, -0.2) is 19.2 Å². The monoisotopic (exact) mass is 408 g/mol. The predicted octanol–water partition coefficient (Wildman–Crippen LogP) is 5.79. The maximum Gasteiger partial charge on any atom is 0.259 e. The third-order valence-corrected chi connectivity index (χ3v) is 6.31. The van der Waals surface area contributed by atoms with E-state index < -0.39 is 0 Å². The molecule has 0 bridgehead atoms. The Morgan fingerprint density at radius 1 is 1.31 bits per heavy atom. The van der Waals surface area contributed by atoms with Crippen molar-refractivity contribution >= 4 is 34.1 Å². The molecule has 0 saturated heterocycles. The van der Waals surface area contributed by atoms with Crippen molar-refractivity contribution in [1.82, 2.24) is 0 Å². The van der Waals surface area contributed by atoms with Crippen LogP contribution in [0.4, 0.5) is 10.7 Å². The summed E-state index contributed by atoms with van der Waals surface area (Å²) < 4.78 is 11.0. The summed E-state index contributed by atoms with van der Waals surface area (Å²) in [5.41, 5.74) is 2.45. The summed E-state index contributed by atoms with van der Waals surface area (Å²) in [6.45, 7) is 4.15. The van der Waals surface area contributed by atoms with Gasteiger partial charge < -0.3 is 14.5 Å². The SMILES string of the molecule is COc1ccccc1NC(=O)c1c(N=Cc2ccc(C)o2)sc2c1CC[C@H](C)C2. The highest BCUT2D eigenvalue weighted by Gasteiger charge is 2.28. The Kier molecular flexibility index (Phi) is 5.53. The molecule has 0 unspecified atom stereocenters. The largest absolute Gasteiger partial charge is 0.495 e. The number of hydrogen-bond donors (Lipinski definition) is 1. The minimum atomic E-state index is -0.149. The van der Waals surface area contributed by atoms with E-state index in [1.165, 1.54) is 4.88 Å². The molecular weight excluding hydrogens is 384 g/mol. The number of nitrogens with one attached hydrogen (secondary N) is 1. The van der Waals surface area contributed by atoms with Gasteiger partial charge in [0.25, 0.3) is 5.91 Å². The van der Waals surface area contributed by atoms with Gasteiger partial charge >= 0.3 is 0 Å². The minimum absolute atomic E-state index is 0.149. The Morgan fingerprint density at radius 2 is 2.14 bits per heavy atom. The Morgan fingerprint density at radius 3 is 2.90 bits per heavy atom. The van der Waals surface area contributed by atoms with Crippen LogP contribution in [0.3, 0.4) is 0 Å². The lowest BCUT2D eigenvalue weighted by atomic mass is 9.88. The molecule has 1 N–H and O–H groups in total. The van der Waals surface area contributed by atoms with Crippen molar-refractivity contribution in [2.75, 3.05) is 12.4 Å². The second-order valence-corrected chi connectivity index (χ2v) is 8.48. The Labute approximate surface area is 174 Å². The van der Waals surface area contributed by atoms with Crippen LogP contribution < -0.4 is 10.1 Å².